The summed E-state index contributed by atoms with van der Waals surface area (Å²) in [7, 11) is -5.28. The molecule has 1 atom stereocenters. The normalized spacial score (nSPS) is 41.1. The Bertz CT molecular complexity index is 428. The maximum absolute atomic E-state index is 13.6. The summed E-state index contributed by atoms with van der Waals surface area (Å²) in [6, 6.07) is 0. The maximum Gasteiger partial charge on any atom is 0.370 e. The van der Waals surface area contributed by atoms with E-state index in [1.54, 1.807) is 0 Å². The van der Waals surface area contributed by atoms with Crippen LogP contribution in [0, 0.1) is 23.2 Å². The predicted molar refractivity (Wildman–Crippen MR) is 72.8 cm³/mol. The van der Waals surface area contributed by atoms with Gasteiger partial charge in [0, 0.05) is 6.42 Å². The van der Waals surface area contributed by atoms with Crippen LogP contribution in [0.5, 0.6) is 0 Å². The Balaban J connectivity index is 0.00000133. The largest absolute Gasteiger partial charge is 0.370 e. The first-order valence-electron chi connectivity index (χ1n) is 6.54. The second-order valence-corrected chi connectivity index (χ2v) is 8.25. The molecule has 4 aliphatic rings. The Hall–Kier alpha value is 0.200. The van der Waals surface area contributed by atoms with Crippen molar-refractivity contribution in [1.29, 1.82) is 0 Å². The number of alkyl halides is 2. The van der Waals surface area contributed by atoms with Crippen molar-refractivity contribution in [3.63, 3.8) is 0 Å². The van der Waals surface area contributed by atoms with Crippen LogP contribution in [0.4, 0.5) is 8.78 Å². The lowest BCUT2D eigenvalue weighted by Gasteiger charge is -2.57. The fourth-order valence-corrected chi connectivity index (χ4v) is 5.52. The van der Waals surface area contributed by atoms with Crippen molar-refractivity contribution in [2.24, 2.45) is 23.2 Å². The summed E-state index contributed by atoms with van der Waals surface area (Å²) in [4.78, 5) is 0. The van der Waals surface area contributed by atoms with Crippen molar-refractivity contribution >= 4 is 20.0 Å². The van der Waals surface area contributed by atoms with E-state index in [1.807, 2.05) is 0 Å². The SMILES string of the molecule is O=S(=O)(O)C(F)(F)CC12CC3CC(CC(C3)C1)C2.P. The van der Waals surface area contributed by atoms with E-state index >= 15 is 0 Å². The van der Waals surface area contributed by atoms with Crippen LogP contribution in [0.15, 0.2) is 0 Å². The van der Waals surface area contributed by atoms with Crippen LogP contribution in [-0.2, 0) is 10.1 Å². The van der Waals surface area contributed by atoms with Gasteiger partial charge >= 0.3 is 15.4 Å². The summed E-state index contributed by atoms with van der Waals surface area (Å²) in [5.41, 5.74) is -0.548. The molecule has 4 bridgehead atoms. The lowest BCUT2D eigenvalue weighted by atomic mass is 9.49. The van der Waals surface area contributed by atoms with Crippen LogP contribution >= 0.6 is 9.90 Å². The number of hydrogen-bond donors (Lipinski definition) is 1. The Morgan fingerprint density at radius 2 is 1.42 bits per heavy atom. The molecule has 0 heterocycles. The van der Waals surface area contributed by atoms with E-state index in [9.17, 15) is 17.2 Å². The lowest BCUT2D eigenvalue weighted by molar-refractivity contribution is -0.0933. The van der Waals surface area contributed by atoms with Crippen LogP contribution in [0.3, 0.4) is 0 Å². The van der Waals surface area contributed by atoms with Gasteiger partial charge in [0.15, 0.2) is 0 Å². The molecule has 0 aliphatic heterocycles. The van der Waals surface area contributed by atoms with Crippen molar-refractivity contribution in [3.05, 3.63) is 0 Å². The second-order valence-electron chi connectivity index (χ2n) is 6.71. The molecule has 4 rings (SSSR count). The first-order chi connectivity index (χ1) is 8.19. The molecule has 0 aromatic heterocycles. The maximum atomic E-state index is 13.6. The quantitative estimate of drug-likeness (QED) is 0.643. The lowest BCUT2D eigenvalue weighted by Crippen LogP contribution is -2.49. The van der Waals surface area contributed by atoms with Gasteiger partial charge in [-0.3, -0.25) is 4.55 Å². The van der Waals surface area contributed by atoms with Gasteiger partial charge in [-0.1, -0.05) is 0 Å². The summed E-state index contributed by atoms with van der Waals surface area (Å²) >= 11 is 0. The van der Waals surface area contributed by atoms with E-state index in [0.717, 1.165) is 19.3 Å². The zero-order valence-electron chi connectivity index (χ0n) is 10.8. The van der Waals surface area contributed by atoms with E-state index in [0.29, 0.717) is 37.0 Å². The first kappa shape index (κ1) is 15.6. The predicted octanol–water partition coefficient (Wildman–Crippen LogP) is 3.13. The average molecular weight is 314 g/mol. The smallest absolute Gasteiger partial charge is 0.281 e. The number of rotatable bonds is 3. The molecule has 4 fully saturated rings. The summed E-state index contributed by atoms with van der Waals surface area (Å²) < 4.78 is 57.4. The van der Waals surface area contributed by atoms with Gasteiger partial charge in [-0.25, -0.2) is 0 Å². The van der Waals surface area contributed by atoms with Gasteiger partial charge in [-0.2, -0.15) is 27.1 Å². The van der Waals surface area contributed by atoms with E-state index in [1.165, 1.54) is 0 Å². The minimum absolute atomic E-state index is 0. The van der Waals surface area contributed by atoms with E-state index in [-0.39, 0.29) is 9.90 Å². The highest BCUT2D eigenvalue weighted by atomic mass is 32.2. The topological polar surface area (TPSA) is 54.4 Å². The Labute approximate surface area is 115 Å². The third-order valence-electron chi connectivity index (χ3n) is 5.12. The van der Waals surface area contributed by atoms with Crippen LogP contribution in [0.1, 0.15) is 44.9 Å². The monoisotopic (exact) mass is 314 g/mol. The molecule has 19 heavy (non-hydrogen) atoms. The second kappa shape index (κ2) is 4.60. The molecule has 1 N–H and O–H groups in total. The minimum atomic E-state index is -5.28. The molecule has 0 aromatic rings. The highest BCUT2D eigenvalue weighted by Gasteiger charge is 2.57. The van der Waals surface area contributed by atoms with Gasteiger partial charge in [0.2, 0.25) is 0 Å². The van der Waals surface area contributed by atoms with E-state index in [4.69, 9.17) is 4.55 Å². The summed E-state index contributed by atoms with van der Waals surface area (Å²) in [5.74, 6) is 1.48. The molecule has 4 saturated carbocycles. The van der Waals surface area contributed by atoms with Gasteiger partial charge in [0.1, 0.15) is 0 Å². The fourth-order valence-electron chi connectivity index (χ4n) is 5.03. The molecular weight excluding hydrogens is 293 g/mol. The van der Waals surface area contributed by atoms with Crippen LogP contribution in [0.2, 0.25) is 0 Å². The van der Waals surface area contributed by atoms with Crippen LogP contribution in [-0.4, -0.2) is 18.2 Å². The molecule has 3 nitrogen and oxygen atoms in total. The van der Waals surface area contributed by atoms with Gasteiger partial charge < -0.3 is 0 Å². The van der Waals surface area contributed by atoms with Gasteiger partial charge in [0.05, 0.1) is 0 Å². The third kappa shape index (κ3) is 2.68. The molecule has 4 aliphatic carbocycles. The Morgan fingerprint density at radius 3 is 1.74 bits per heavy atom. The molecule has 112 valence electrons. The van der Waals surface area contributed by atoms with Crippen molar-refractivity contribution in [2.75, 3.05) is 0 Å². The zero-order valence-corrected chi connectivity index (χ0v) is 13.0. The molecule has 7 heteroatoms. The average Bonchev–Trinajstić information content (AvgIpc) is 2.10. The van der Waals surface area contributed by atoms with Crippen molar-refractivity contribution in [2.45, 2.75) is 50.2 Å². The molecule has 0 aromatic carbocycles. The Morgan fingerprint density at radius 1 is 1.05 bits per heavy atom. The highest BCUT2D eigenvalue weighted by Crippen LogP contribution is 2.63. The standard InChI is InChI=1S/C12H18F2O3S.H3P/c13-12(14,18(15,16)17)7-11-4-8-1-9(5-11)3-10(2-8)6-11;/h8-10H,1-7H2,(H,15,16,17);1H3. The number of halogens is 2. The highest BCUT2D eigenvalue weighted by molar-refractivity contribution is 7.86. The van der Waals surface area contributed by atoms with E-state index in [2.05, 4.69) is 0 Å². The summed E-state index contributed by atoms with van der Waals surface area (Å²) in [5, 5.41) is -3.99. The Kier molecular flexibility index (Phi) is 3.78. The van der Waals surface area contributed by atoms with Gasteiger partial charge in [-0.15, -0.1) is 0 Å². The molecule has 1 unspecified atom stereocenters. The minimum Gasteiger partial charge on any atom is -0.281 e. The van der Waals surface area contributed by atoms with Crippen LogP contribution in [0.25, 0.3) is 0 Å². The fraction of sp³-hybridized carbons (Fsp3) is 1.00. The molecule has 0 spiro atoms. The third-order valence-corrected chi connectivity index (χ3v) is 6.02. The first-order valence-corrected chi connectivity index (χ1v) is 7.98. The zero-order chi connectivity index (χ0) is 13.2. The number of hydrogen-bond acceptors (Lipinski definition) is 2. The van der Waals surface area contributed by atoms with Crippen LogP contribution < -0.4 is 0 Å². The molecule has 0 amide bonds. The van der Waals surface area contributed by atoms with Gasteiger partial charge in [-0.05, 0) is 61.7 Å². The van der Waals surface area contributed by atoms with Crippen molar-refractivity contribution in [3.8, 4) is 0 Å². The summed E-state index contributed by atoms with van der Waals surface area (Å²) in [6.45, 7) is 0. The van der Waals surface area contributed by atoms with Crippen molar-refractivity contribution < 1.29 is 21.8 Å². The molecular formula is C12H21F2O3PS. The van der Waals surface area contributed by atoms with E-state index < -0.39 is 27.2 Å². The van der Waals surface area contributed by atoms with Gasteiger partial charge in [0.25, 0.3) is 0 Å². The summed E-state index contributed by atoms with van der Waals surface area (Å²) in [6.07, 6.45) is 4.81. The molecule has 0 radical (unpaired) electrons. The molecule has 0 saturated heterocycles. The van der Waals surface area contributed by atoms with Crippen molar-refractivity contribution in [1.82, 2.24) is 0 Å².